The molecule has 0 amide bonds. The molecule has 2 aromatic rings. The normalized spacial score (nSPS) is 11.4. The number of benzene rings is 2. The highest BCUT2D eigenvalue weighted by molar-refractivity contribution is 7.92. The molecule has 0 saturated carbocycles. The summed E-state index contributed by atoms with van der Waals surface area (Å²) >= 11 is 0. The molecule has 3 N–H and O–H groups in total. The van der Waals surface area contributed by atoms with E-state index in [9.17, 15) is 17.2 Å². The van der Waals surface area contributed by atoms with Crippen molar-refractivity contribution >= 4 is 15.7 Å². The molecule has 21 heavy (non-hydrogen) atoms. The summed E-state index contributed by atoms with van der Waals surface area (Å²) in [5, 5.41) is 0. The SMILES string of the molecule is Cc1ccc(S(=O)(=O)Nc2cc(F)cc(F)c2)cc1CN. The van der Waals surface area contributed by atoms with Gasteiger partial charge in [-0.2, -0.15) is 0 Å². The van der Waals surface area contributed by atoms with Crippen molar-refractivity contribution in [3.8, 4) is 0 Å². The van der Waals surface area contributed by atoms with E-state index < -0.39 is 21.7 Å². The molecule has 0 aliphatic heterocycles. The zero-order valence-electron chi connectivity index (χ0n) is 11.2. The molecule has 0 spiro atoms. The second-order valence-corrected chi connectivity index (χ2v) is 6.24. The number of nitrogens with one attached hydrogen (secondary N) is 1. The number of sulfonamides is 1. The van der Waals surface area contributed by atoms with E-state index in [2.05, 4.69) is 4.72 Å². The smallest absolute Gasteiger partial charge is 0.261 e. The van der Waals surface area contributed by atoms with Crippen molar-refractivity contribution in [2.75, 3.05) is 4.72 Å². The quantitative estimate of drug-likeness (QED) is 0.911. The van der Waals surface area contributed by atoms with Gasteiger partial charge in [-0.3, -0.25) is 4.72 Å². The second-order valence-electron chi connectivity index (χ2n) is 4.56. The highest BCUT2D eigenvalue weighted by atomic mass is 32.2. The molecule has 0 fully saturated rings. The molecule has 4 nitrogen and oxygen atoms in total. The van der Waals surface area contributed by atoms with E-state index in [1.165, 1.54) is 12.1 Å². The Bertz CT molecular complexity index is 756. The van der Waals surface area contributed by atoms with E-state index in [4.69, 9.17) is 5.73 Å². The van der Waals surface area contributed by atoms with E-state index in [-0.39, 0.29) is 17.1 Å². The Hall–Kier alpha value is -1.99. The zero-order chi connectivity index (χ0) is 15.6. The lowest BCUT2D eigenvalue weighted by atomic mass is 10.1. The first-order valence-electron chi connectivity index (χ1n) is 6.10. The summed E-state index contributed by atoms with van der Waals surface area (Å²) in [5.41, 5.74) is 6.91. The monoisotopic (exact) mass is 312 g/mol. The highest BCUT2D eigenvalue weighted by Crippen LogP contribution is 2.20. The molecule has 0 saturated heterocycles. The largest absolute Gasteiger partial charge is 0.326 e. The van der Waals surface area contributed by atoms with Crippen LogP contribution in [0, 0.1) is 18.6 Å². The van der Waals surface area contributed by atoms with Gasteiger partial charge in [-0.05, 0) is 42.3 Å². The molecule has 0 radical (unpaired) electrons. The summed E-state index contributed by atoms with van der Waals surface area (Å²) in [6.45, 7) is 2.01. The standard InChI is InChI=1S/C14H14F2N2O2S/c1-9-2-3-14(4-10(9)8-17)21(19,20)18-13-6-11(15)5-12(16)7-13/h2-7,18H,8,17H2,1H3. The minimum absolute atomic E-state index is 0.0155. The Morgan fingerprint density at radius 1 is 1.10 bits per heavy atom. The maximum atomic E-state index is 13.1. The molecule has 0 bridgehead atoms. The first kappa shape index (κ1) is 15.4. The van der Waals surface area contributed by atoms with Crippen molar-refractivity contribution in [3.63, 3.8) is 0 Å². The molecule has 0 aliphatic rings. The van der Waals surface area contributed by atoms with Gasteiger partial charge in [0.2, 0.25) is 0 Å². The third-order valence-corrected chi connectivity index (χ3v) is 4.34. The van der Waals surface area contributed by atoms with Crippen LogP contribution < -0.4 is 10.5 Å². The van der Waals surface area contributed by atoms with Crippen LogP contribution >= 0.6 is 0 Å². The number of nitrogens with two attached hydrogens (primary N) is 1. The predicted octanol–water partition coefficient (Wildman–Crippen LogP) is 2.53. The molecule has 0 heterocycles. The van der Waals surface area contributed by atoms with E-state index in [0.717, 1.165) is 17.7 Å². The summed E-state index contributed by atoms with van der Waals surface area (Å²) in [6, 6.07) is 6.94. The first-order chi connectivity index (χ1) is 9.81. The number of hydrogen-bond acceptors (Lipinski definition) is 3. The summed E-state index contributed by atoms with van der Waals surface area (Å²) in [6.07, 6.45) is 0. The molecular weight excluding hydrogens is 298 g/mol. The molecule has 0 aromatic heterocycles. The van der Waals surface area contributed by atoms with Crippen molar-refractivity contribution in [2.45, 2.75) is 18.4 Å². The lowest BCUT2D eigenvalue weighted by Gasteiger charge is -2.10. The molecule has 2 aromatic carbocycles. The van der Waals surface area contributed by atoms with Crippen LogP contribution in [0.15, 0.2) is 41.3 Å². The van der Waals surface area contributed by atoms with Crippen molar-refractivity contribution < 1.29 is 17.2 Å². The third-order valence-electron chi connectivity index (χ3n) is 2.97. The number of hydrogen-bond donors (Lipinski definition) is 2. The van der Waals surface area contributed by atoms with Crippen LogP contribution in [0.2, 0.25) is 0 Å². The average molecular weight is 312 g/mol. The first-order valence-corrected chi connectivity index (χ1v) is 7.58. The Balaban J connectivity index is 2.38. The average Bonchev–Trinajstić information content (AvgIpc) is 2.37. The number of rotatable bonds is 4. The van der Waals surface area contributed by atoms with Crippen molar-refractivity contribution in [1.29, 1.82) is 0 Å². The fourth-order valence-electron chi connectivity index (χ4n) is 1.86. The van der Waals surface area contributed by atoms with Crippen LogP contribution in [0.1, 0.15) is 11.1 Å². The molecular formula is C14H14F2N2O2S. The molecule has 0 aliphatic carbocycles. The maximum Gasteiger partial charge on any atom is 0.261 e. The predicted molar refractivity (Wildman–Crippen MR) is 76.2 cm³/mol. The van der Waals surface area contributed by atoms with E-state index >= 15 is 0 Å². The van der Waals surface area contributed by atoms with Crippen LogP contribution in [0.3, 0.4) is 0 Å². The van der Waals surface area contributed by atoms with Crippen LogP contribution in [0.4, 0.5) is 14.5 Å². The van der Waals surface area contributed by atoms with Crippen LogP contribution in [0.5, 0.6) is 0 Å². The lowest BCUT2D eigenvalue weighted by Crippen LogP contribution is -2.14. The number of anilines is 1. The lowest BCUT2D eigenvalue weighted by molar-refractivity contribution is 0.584. The fourth-order valence-corrected chi connectivity index (χ4v) is 2.95. The third kappa shape index (κ3) is 3.56. The summed E-state index contributed by atoms with van der Waals surface area (Å²) < 4.78 is 52.7. The molecule has 7 heteroatoms. The van der Waals surface area contributed by atoms with Gasteiger partial charge in [0, 0.05) is 12.6 Å². The van der Waals surface area contributed by atoms with Gasteiger partial charge in [0.25, 0.3) is 10.0 Å². The van der Waals surface area contributed by atoms with Gasteiger partial charge in [-0.15, -0.1) is 0 Å². The molecule has 2 rings (SSSR count). The fraction of sp³-hybridized carbons (Fsp3) is 0.143. The van der Waals surface area contributed by atoms with Gasteiger partial charge >= 0.3 is 0 Å². The summed E-state index contributed by atoms with van der Waals surface area (Å²) in [4.78, 5) is -0.0155. The zero-order valence-corrected chi connectivity index (χ0v) is 12.0. The Kier molecular flexibility index (Phi) is 4.24. The summed E-state index contributed by atoms with van der Waals surface area (Å²) in [5.74, 6) is -1.72. The van der Waals surface area contributed by atoms with E-state index in [1.807, 2.05) is 6.92 Å². The van der Waals surface area contributed by atoms with E-state index in [0.29, 0.717) is 11.6 Å². The van der Waals surface area contributed by atoms with Crippen LogP contribution in [-0.2, 0) is 16.6 Å². The van der Waals surface area contributed by atoms with Crippen LogP contribution in [-0.4, -0.2) is 8.42 Å². The number of halogens is 2. The van der Waals surface area contributed by atoms with Gasteiger partial charge in [-0.25, -0.2) is 17.2 Å². The molecule has 112 valence electrons. The minimum atomic E-state index is -3.94. The molecule has 0 atom stereocenters. The summed E-state index contributed by atoms with van der Waals surface area (Å²) in [7, 11) is -3.94. The van der Waals surface area contributed by atoms with Crippen molar-refractivity contribution in [2.24, 2.45) is 5.73 Å². The number of aryl methyl sites for hydroxylation is 1. The Labute approximate surface area is 121 Å². The highest BCUT2D eigenvalue weighted by Gasteiger charge is 2.16. The minimum Gasteiger partial charge on any atom is -0.326 e. The second kappa shape index (κ2) is 5.79. The van der Waals surface area contributed by atoms with Gasteiger partial charge in [0.05, 0.1) is 10.6 Å². The van der Waals surface area contributed by atoms with Gasteiger partial charge in [0.15, 0.2) is 0 Å². The van der Waals surface area contributed by atoms with Gasteiger partial charge in [-0.1, -0.05) is 6.07 Å². The Morgan fingerprint density at radius 3 is 2.29 bits per heavy atom. The Morgan fingerprint density at radius 2 is 1.71 bits per heavy atom. The van der Waals surface area contributed by atoms with Crippen molar-refractivity contribution in [3.05, 3.63) is 59.2 Å². The maximum absolute atomic E-state index is 13.1. The van der Waals surface area contributed by atoms with Crippen LogP contribution in [0.25, 0.3) is 0 Å². The molecule has 0 unspecified atom stereocenters. The van der Waals surface area contributed by atoms with E-state index in [1.54, 1.807) is 6.07 Å². The topological polar surface area (TPSA) is 72.2 Å². The van der Waals surface area contributed by atoms with Crippen molar-refractivity contribution in [1.82, 2.24) is 0 Å². The van der Waals surface area contributed by atoms with Gasteiger partial charge in [0.1, 0.15) is 11.6 Å². The van der Waals surface area contributed by atoms with Gasteiger partial charge < -0.3 is 5.73 Å².